The molecule has 0 aliphatic carbocycles. The van der Waals surface area contributed by atoms with E-state index < -0.39 is 0 Å². The van der Waals surface area contributed by atoms with Crippen LogP contribution in [-0.2, 0) is 0 Å². The van der Waals surface area contributed by atoms with E-state index >= 15 is 0 Å². The van der Waals surface area contributed by atoms with Gasteiger partial charge in [-0.1, -0.05) is 6.07 Å². The molecule has 0 amide bonds. The van der Waals surface area contributed by atoms with Crippen molar-refractivity contribution in [3.8, 4) is 11.5 Å². The van der Waals surface area contributed by atoms with Gasteiger partial charge in [-0.05, 0) is 38.6 Å². The fraction of sp³-hybridized carbons (Fsp3) is 0.533. The predicted octanol–water partition coefficient (Wildman–Crippen LogP) is 1.31. The Balaban J connectivity index is 2.20. The highest BCUT2D eigenvalue weighted by atomic mass is 16.5. The first-order valence-corrected chi connectivity index (χ1v) is 6.91. The summed E-state index contributed by atoms with van der Waals surface area (Å²) in [5, 5.41) is 0. The van der Waals surface area contributed by atoms with Crippen molar-refractivity contribution >= 4 is 5.78 Å². The number of carbonyl (C=O) groups is 1. The third-order valence-electron chi connectivity index (χ3n) is 3.54. The van der Waals surface area contributed by atoms with Gasteiger partial charge in [0.1, 0.15) is 6.10 Å². The number of nitrogens with zero attached hydrogens (tertiary/aromatic N) is 1. The fourth-order valence-corrected chi connectivity index (χ4v) is 2.54. The number of ether oxygens (including phenoxy) is 2. The van der Waals surface area contributed by atoms with Crippen LogP contribution in [0, 0.1) is 0 Å². The number of Topliss-reactive ketones (excluding diaryl/α,β-unsaturated/α-hetero) is 1. The summed E-state index contributed by atoms with van der Waals surface area (Å²) >= 11 is 0. The monoisotopic (exact) mass is 278 g/mol. The lowest BCUT2D eigenvalue weighted by Gasteiger charge is -2.30. The quantitative estimate of drug-likeness (QED) is 0.823. The average Bonchev–Trinajstić information content (AvgIpc) is 2.46. The molecule has 2 N–H and O–H groups in total. The van der Waals surface area contributed by atoms with Gasteiger partial charge in [0.2, 0.25) is 0 Å². The lowest BCUT2D eigenvalue weighted by atomic mass is 10.1. The van der Waals surface area contributed by atoms with Crippen molar-refractivity contribution in [3.63, 3.8) is 0 Å². The second kappa shape index (κ2) is 6.72. The Labute approximate surface area is 119 Å². The Morgan fingerprint density at radius 1 is 1.50 bits per heavy atom. The maximum atomic E-state index is 11.8. The van der Waals surface area contributed by atoms with Gasteiger partial charge < -0.3 is 20.1 Å². The van der Waals surface area contributed by atoms with Crippen LogP contribution in [0.5, 0.6) is 11.5 Å². The molecule has 0 radical (unpaired) electrons. The fourth-order valence-electron chi connectivity index (χ4n) is 2.54. The molecular formula is C15H22N2O3. The molecule has 1 unspecified atom stereocenters. The SMILES string of the molecule is COc1c(OC2CCCN(C)C2)cccc1C(=O)CN. The first kappa shape index (κ1) is 14.8. The average molecular weight is 278 g/mol. The third kappa shape index (κ3) is 3.29. The Hall–Kier alpha value is -1.59. The molecular weight excluding hydrogens is 256 g/mol. The number of benzene rings is 1. The molecule has 0 bridgehead atoms. The summed E-state index contributed by atoms with van der Waals surface area (Å²) in [6, 6.07) is 5.35. The molecule has 0 spiro atoms. The summed E-state index contributed by atoms with van der Waals surface area (Å²) in [4.78, 5) is 14.1. The van der Waals surface area contributed by atoms with E-state index in [0.29, 0.717) is 17.1 Å². The van der Waals surface area contributed by atoms with Crippen molar-refractivity contribution < 1.29 is 14.3 Å². The van der Waals surface area contributed by atoms with Crippen molar-refractivity contribution in [1.82, 2.24) is 4.90 Å². The van der Waals surface area contributed by atoms with Crippen LogP contribution in [0.2, 0.25) is 0 Å². The molecule has 1 aromatic carbocycles. The summed E-state index contributed by atoms with van der Waals surface area (Å²) in [5.74, 6) is 0.955. The summed E-state index contributed by atoms with van der Waals surface area (Å²) in [6.07, 6.45) is 2.26. The molecule has 1 atom stereocenters. The van der Waals surface area contributed by atoms with Gasteiger partial charge in [-0.15, -0.1) is 0 Å². The number of para-hydroxylation sites is 1. The number of rotatable bonds is 5. The lowest BCUT2D eigenvalue weighted by molar-refractivity contribution is 0.0971. The topological polar surface area (TPSA) is 64.8 Å². The second-order valence-corrected chi connectivity index (χ2v) is 5.11. The zero-order valence-corrected chi connectivity index (χ0v) is 12.1. The summed E-state index contributed by atoms with van der Waals surface area (Å²) < 4.78 is 11.4. The van der Waals surface area contributed by atoms with Crippen LogP contribution in [-0.4, -0.2) is 50.6 Å². The summed E-state index contributed by atoms with van der Waals surface area (Å²) in [5.41, 5.74) is 5.91. The van der Waals surface area contributed by atoms with Crippen LogP contribution in [0.3, 0.4) is 0 Å². The van der Waals surface area contributed by atoms with E-state index in [0.717, 1.165) is 25.9 Å². The number of likely N-dealkylation sites (tertiary alicyclic amines) is 1. The highest BCUT2D eigenvalue weighted by molar-refractivity contribution is 6.00. The van der Waals surface area contributed by atoms with Gasteiger partial charge >= 0.3 is 0 Å². The van der Waals surface area contributed by atoms with Gasteiger partial charge in [0.05, 0.1) is 19.2 Å². The van der Waals surface area contributed by atoms with Crippen LogP contribution >= 0.6 is 0 Å². The van der Waals surface area contributed by atoms with Crippen molar-refractivity contribution in [2.24, 2.45) is 5.73 Å². The molecule has 110 valence electrons. The van der Waals surface area contributed by atoms with Crippen molar-refractivity contribution in [1.29, 1.82) is 0 Å². The second-order valence-electron chi connectivity index (χ2n) is 5.11. The largest absolute Gasteiger partial charge is 0.492 e. The first-order chi connectivity index (χ1) is 9.65. The molecule has 1 heterocycles. The Kier molecular flexibility index (Phi) is 4.98. The van der Waals surface area contributed by atoms with Crippen LogP contribution in [0.1, 0.15) is 23.2 Å². The smallest absolute Gasteiger partial charge is 0.180 e. The Morgan fingerprint density at radius 3 is 2.95 bits per heavy atom. The molecule has 1 aliphatic heterocycles. The van der Waals surface area contributed by atoms with E-state index in [1.54, 1.807) is 19.2 Å². The molecule has 0 saturated carbocycles. The third-order valence-corrected chi connectivity index (χ3v) is 3.54. The molecule has 1 aliphatic rings. The zero-order valence-electron chi connectivity index (χ0n) is 12.1. The van der Waals surface area contributed by atoms with Crippen molar-refractivity contribution in [2.75, 3.05) is 33.8 Å². The highest BCUT2D eigenvalue weighted by Gasteiger charge is 2.22. The number of nitrogens with two attached hydrogens (primary N) is 1. The van der Waals surface area contributed by atoms with Gasteiger partial charge in [0.25, 0.3) is 0 Å². The highest BCUT2D eigenvalue weighted by Crippen LogP contribution is 2.33. The van der Waals surface area contributed by atoms with Crippen molar-refractivity contribution in [2.45, 2.75) is 18.9 Å². The number of methoxy groups -OCH3 is 1. The number of ketones is 1. The van der Waals surface area contributed by atoms with Crippen LogP contribution in [0.15, 0.2) is 18.2 Å². The Bertz CT molecular complexity index is 476. The predicted molar refractivity (Wildman–Crippen MR) is 77.5 cm³/mol. The standard InChI is InChI=1S/C15H22N2O3/c1-17-8-4-5-11(10-17)20-14-7-3-6-12(13(18)9-16)15(14)19-2/h3,6-7,11H,4-5,8-10,16H2,1-2H3. The van der Waals surface area contributed by atoms with E-state index in [-0.39, 0.29) is 18.4 Å². The normalized spacial score (nSPS) is 19.6. The maximum Gasteiger partial charge on any atom is 0.180 e. The number of carbonyl (C=O) groups excluding carboxylic acids is 1. The van der Waals surface area contributed by atoms with Crippen molar-refractivity contribution in [3.05, 3.63) is 23.8 Å². The van der Waals surface area contributed by atoms with Gasteiger partial charge in [-0.2, -0.15) is 0 Å². The van der Waals surface area contributed by atoms with Gasteiger partial charge in [0.15, 0.2) is 17.3 Å². The van der Waals surface area contributed by atoms with E-state index in [2.05, 4.69) is 11.9 Å². The molecule has 0 aromatic heterocycles. The van der Waals surface area contributed by atoms with E-state index in [4.69, 9.17) is 15.2 Å². The molecule has 5 nitrogen and oxygen atoms in total. The van der Waals surface area contributed by atoms with Crippen LogP contribution in [0.25, 0.3) is 0 Å². The minimum atomic E-state index is -0.145. The number of hydrogen-bond acceptors (Lipinski definition) is 5. The molecule has 1 fully saturated rings. The lowest BCUT2D eigenvalue weighted by Crippen LogP contribution is -2.38. The molecule has 20 heavy (non-hydrogen) atoms. The number of likely N-dealkylation sites (N-methyl/N-ethyl adjacent to an activating group) is 1. The molecule has 5 heteroatoms. The van der Waals surface area contributed by atoms with Crippen LogP contribution in [0.4, 0.5) is 0 Å². The maximum absolute atomic E-state index is 11.8. The van der Waals surface area contributed by atoms with E-state index in [9.17, 15) is 4.79 Å². The van der Waals surface area contributed by atoms with E-state index in [1.807, 2.05) is 6.07 Å². The molecule has 2 rings (SSSR count). The number of piperidine rings is 1. The summed E-state index contributed by atoms with van der Waals surface area (Å²) in [7, 11) is 3.63. The van der Waals surface area contributed by atoms with Gasteiger partial charge in [-0.25, -0.2) is 0 Å². The first-order valence-electron chi connectivity index (χ1n) is 6.91. The van der Waals surface area contributed by atoms with Crippen LogP contribution < -0.4 is 15.2 Å². The minimum absolute atomic E-state index is 0.0357. The van der Waals surface area contributed by atoms with E-state index in [1.165, 1.54) is 0 Å². The molecule has 1 aromatic rings. The number of hydrogen-bond donors (Lipinski definition) is 1. The van der Waals surface area contributed by atoms with Gasteiger partial charge in [-0.3, -0.25) is 4.79 Å². The zero-order chi connectivity index (χ0) is 14.5. The summed E-state index contributed by atoms with van der Waals surface area (Å²) in [6.45, 7) is 1.95. The minimum Gasteiger partial charge on any atom is -0.492 e. The molecule has 1 saturated heterocycles. The Morgan fingerprint density at radius 2 is 2.30 bits per heavy atom. The van der Waals surface area contributed by atoms with Gasteiger partial charge in [0, 0.05) is 6.54 Å².